The highest BCUT2D eigenvalue weighted by molar-refractivity contribution is 5.85. The number of nitrogens with one attached hydrogen (secondary N) is 1. The summed E-state index contributed by atoms with van der Waals surface area (Å²) in [6, 6.07) is 0. The Morgan fingerprint density at radius 3 is 2.14 bits per heavy atom. The number of hydrogen-bond acceptors (Lipinski definition) is 6. The summed E-state index contributed by atoms with van der Waals surface area (Å²) in [5.41, 5.74) is 0. The molecule has 1 aliphatic rings. The van der Waals surface area contributed by atoms with E-state index in [0.29, 0.717) is 0 Å². The minimum atomic E-state index is -1.30. The van der Waals surface area contributed by atoms with Crippen LogP contribution in [-0.4, -0.2) is 64.7 Å². The van der Waals surface area contributed by atoms with Crippen LogP contribution < -0.4 is 5.32 Å². The van der Waals surface area contributed by atoms with Crippen LogP contribution in [-0.2, 0) is 4.74 Å². The molecule has 0 saturated carbocycles. The number of likely N-dealkylation sites (N-methyl/N-ethyl adjacent to an activating group) is 1. The standard InChI is InChI=1S/C7H15NO5.ClH/c1-8-7-6(12)5(11)4(10)3(2-9)13-7;/h3-12H,2H2,1H3;1H. The third-order valence-corrected chi connectivity index (χ3v) is 2.18. The van der Waals surface area contributed by atoms with Gasteiger partial charge in [0.1, 0.15) is 30.6 Å². The summed E-state index contributed by atoms with van der Waals surface area (Å²) in [5.74, 6) is 0. The van der Waals surface area contributed by atoms with Crippen LogP contribution in [0.5, 0.6) is 0 Å². The van der Waals surface area contributed by atoms with Gasteiger partial charge in [0, 0.05) is 0 Å². The van der Waals surface area contributed by atoms with Crippen molar-refractivity contribution < 1.29 is 25.2 Å². The second kappa shape index (κ2) is 5.82. The largest absolute Gasteiger partial charge is 0.394 e. The molecule has 1 saturated heterocycles. The molecule has 1 heterocycles. The molecule has 6 nitrogen and oxygen atoms in total. The fourth-order valence-electron chi connectivity index (χ4n) is 1.34. The highest BCUT2D eigenvalue weighted by Crippen LogP contribution is 2.18. The first-order valence-electron chi connectivity index (χ1n) is 4.09. The summed E-state index contributed by atoms with van der Waals surface area (Å²) in [7, 11) is 1.55. The second-order valence-electron chi connectivity index (χ2n) is 3.04. The summed E-state index contributed by atoms with van der Waals surface area (Å²) >= 11 is 0. The molecule has 7 heteroatoms. The van der Waals surface area contributed by atoms with Gasteiger partial charge in [-0.1, -0.05) is 0 Å². The Balaban J connectivity index is 0.00000169. The van der Waals surface area contributed by atoms with Gasteiger partial charge in [0.2, 0.25) is 0 Å². The van der Waals surface area contributed by atoms with Crippen LogP contribution in [0.1, 0.15) is 0 Å². The highest BCUT2D eigenvalue weighted by atomic mass is 35.5. The Labute approximate surface area is 87.9 Å². The van der Waals surface area contributed by atoms with Gasteiger partial charge in [-0.3, -0.25) is 5.32 Å². The lowest BCUT2D eigenvalue weighted by Gasteiger charge is -2.39. The van der Waals surface area contributed by atoms with E-state index >= 15 is 0 Å². The maximum Gasteiger partial charge on any atom is 0.137 e. The quantitative estimate of drug-likeness (QED) is 0.357. The van der Waals surface area contributed by atoms with Crippen LogP contribution in [0.3, 0.4) is 0 Å². The SMILES string of the molecule is CNC1OC(CO)C(O)C(O)C1O.Cl. The van der Waals surface area contributed by atoms with Crippen LogP contribution in [0.25, 0.3) is 0 Å². The lowest BCUT2D eigenvalue weighted by atomic mass is 9.98. The molecule has 0 radical (unpaired) electrons. The maximum absolute atomic E-state index is 9.34. The van der Waals surface area contributed by atoms with Gasteiger partial charge in [-0.05, 0) is 7.05 Å². The predicted octanol–water partition coefficient (Wildman–Crippen LogP) is -2.57. The molecule has 0 aliphatic carbocycles. The Morgan fingerprint density at radius 1 is 1.14 bits per heavy atom. The van der Waals surface area contributed by atoms with Crippen molar-refractivity contribution >= 4 is 12.4 Å². The molecule has 1 aliphatic heterocycles. The Morgan fingerprint density at radius 2 is 1.71 bits per heavy atom. The van der Waals surface area contributed by atoms with Crippen molar-refractivity contribution in [1.29, 1.82) is 0 Å². The summed E-state index contributed by atoms with van der Waals surface area (Å²) in [6.45, 7) is -0.400. The molecule has 0 amide bonds. The van der Waals surface area contributed by atoms with Crippen LogP contribution in [0.4, 0.5) is 0 Å². The number of aliphatic hydroxyl groups excluding tert-OH is 4. The Hall–Kier alpha value is 0.0500. The average molecular weight is 230 g/mol. The van der Waals surface area contributed by atoms with Gasteiger partial charge in [-0.2, -0.15) is 0 Å². The highest BCUT2D eigenvalue weighted by Gasteiger charge is 2.42. The van der Waals surface area contributed by atoms with Crippen molar-refractivity contribution in [2.45, 2.75) is 30.6 Å². The molecule has 86 valence electrons. The van der Waals surface area contributed by atoms with Crippen LogP contribution in [0.15, 0.2) is 0 Å². The number of rotatable bonds is 2. The van der Waals surface area contributed by atoms with Gasteiger partial charge >= 0.3 is 0 Å². The summed E-state index contributed by atoms with van der Waals surface area (Å²) < 4.78 is 5.06. The summed E-state index contributed by atoms with van der Waals surface area (Å²) in [5, 5.41) is 39.3. The number of hydrogen-bond donors (Lipinski definition) is 5. The lowest BCUT2D eigenvalue weighted by molar-refractivity contribution is -0.235. The maximum atomic E-state index is 9.34. The molecule has 0 aromatic heterocycles. The van der Waals surface area contributed by atoms with E-state index in [-0.39, 0.29) is 12.4 Å². The van der Waals surface area contributed by atoms with E-state index in [2.05, 4.69) is 5.32 Å². The first-order chi connectivity index (χ1) is 6.11. The zero-order valence-electron chi connectivity index (χ0n) is 7.70. The van der Waals surface area contributed by atoms with Crippen LogP contribution in [0.2, 0.25) is 0 Å². The fourth-order valence-corrected chi connectivity index (χ4v) is 1.34. The van der Waals surface area contributed by atoms with Crippen LogP contribution >= 0.6 is 12.4 Å². The predicted molar refractivity (Wildman–Crippen MR) is 50.1 cm³/mol. The van der Waals surface area contributed by atoms with Crippen molar-refractivity contribution in [2.75, 3.05) is 13.7 Å². The summed E-state index contributed by atoms with van der Waals surface area (Å²) in [6.07, 6.45) is -5.39. The van der Waals surface area contributed by atoms with Crippen molar-refractivity contribution in [1.82, 2.24) is 5.32 Å². The molecular weight excluding hydrogens is 214 g/mol. The van der Waals surface area contributed by atoms with E-state index in [9.17, 15) is 15.3 Å². The van der Waals surface area contributed by atoms with E-state index in [1.54, 1.807) is 7.05 Å². The molecule has 5 N–H and O–H groups in total. The number of ether oxygens (including phenoxy) is 1. The van der Waals surface area contributed by atoms with Crippen molar-refractivity contribution in [3.05, 3.63) is 0 Å². The number of aliphatic hydroxyl groups is 4. The zero-order valence-corrected chi connectivity index (χ0v) is 8.52. The van der Waals surface area contributed by atoms with Crippen LogP contribution in [0, 0.1) is 0 Å². The zero-order chi connectivity index (χ0) is 10.0. The topological polar surface area (TPSA) is 102 Å². The van der Waals surface area contributed by atoms with Gasteiger partial charge in [-0.15, -0.1) is 12.4 Å². The lowest BCUT2D eigenvalue weighted by Crippen LogP contribution is -2.61. The molecule has 1 rings (SSSR count). The summed E-state index contributed by atoms with van der Waals surface area (Å²) in [4.78, 5) is 0. The van der Waals surface area contributed by atoms with Crippen molar-refractivity contribution in [3.63, 3.8) is 0 Å². The molecule has 14 heavy (non-hydrogen) atoms. The van der Waals surface area contributed by atoms with E-state index in [4.69, 9.17) is 9.84 Å². The smallest absolute Gasteiger partial charge is 0.137 e. The molecule has 5 unspecified atom stereocenters. The normalized spacial score (nSPS) is 43.1. The van der Waals surface area contributed by atoms with Gasteiger partial charge in [0.05, 0.1) is 6.61 Å². The first-order valence-corrected chi connectivity index (χ1v) is 4.09. The molecule has 5 atom stereocenters. The average Bonchev–Trinajstić information content (AvgIpc) is 2.15. The Kier molecular flexibility index (Phi) is 5.84. The minimum Gasteiger partial charge on any atom is -0.394 e. The molecule has 0 bridgehead atoms. The fraction of sp³-hybridized carbons (Fsp3) is 1.00. The van der Waals surface area contributed by atoms with Gasteiger partial charge < -0.3 is 25.2 Å². The van der Waals surface area contributed by atoms with E-state index < -0.39 is 37.3 Å². The molecule has 0 spiro atoms. The number of halogens is 1. The third kappa shape index (κ3) is 2.54. The van der Waals surface area contributed by atoms with E-state index in [0.717, 1.165) is 0 Å². The molecule has 0 aromatic rings. The van der Waals surface area contributed by atoms with Gasteiger partial charge in [0.25, 0.3) is 0 Å². The van der Waals surface area contributed by atoms with Crippen molar-refractivity contribution in [2.24, 2.45) is 0 Å². The molecule has 1 fully saturated rings. The van der Waals surface area contributed by atoms with Crippen molar-refractivity contribution in [3.8, 4) is 0 Å². The van der Waals surface area contributed by atoms with Gasteiger partial charge in [0.15, 0.2) is 0 Å². The molecular formula is C7H16ClNO5. The Bertz CT molecular complexity index is 152. The minimum absolute atomic E-state index is 0. The van der Waals surface area contributed by atoms with Gasteiger partial charge in [-0.25, -0.2) is 0 Å². The monoisotopic (exact) mass is 229 g/mol. The van der Waals surface area contributed by atoms with E-state index in [1.165, 1.54) is 0 Å². The second-order valence-corrected chi connectivity index (χ2v) is 3.04. The van der Waals surface area contributed by atoms with E-state index in [1.807, 2.05) is 0 Å². The molecule has 0 aromatic carbocycles. The third-order valence-electron chi connectivity index (χ3n) is 2.18. The first kappa shape index (κ1) is 14.1.